The lowest BCUT2D eigenvalue weighted by Crippen LogP contribution is -2.05. The Morgan fingerprint density at radius 2 is 2.24 bits per heavy atom. The van der Waals surface area contributed by atoms with E-state index in [-0.39, 0.29) is 11.9 Å². The minimum atomic E-state index is -0.221. The molecule has 0 fully saturated rings. The normalized spacial score (nSPS) is 12.7. The number of nitrogens with zero attached hydrogens (tertiary/aromatic N) is 3. The van der Waals surface area contributed by atoms with Crippen molar-refractivity contribution in [2.45, 2.75) is 26.4 Å². The van der Waals surface area contributed by atoms with Crippen LogP contribution >= 0.6 is 0 Å². The number of halogens is 1. The highest BCUT2D eigenvalue weighted by atomic mass is 19.1. The van der Waals surface area contributed by atoms with Gasteiger partial charge >= 0.3 is 0 Å². The number of aryl methyl sites for hydroxylation is 1. The van der Waals surface area contributed by atoms with Crippen molar-refractivity contribution in [3.63, 3.8) is 0 Å². The summed E-state index contributed by atoms with van der Waals surface area (Å²) < 4.78 is 14.7. The van der Waals surface area contributed by atoms with Gasteiger partial charge in [-0.1, -0.05) is 11.3 Å². The molecule has 1 heterocycles. The molecule has 2 rings (SSSR count). The van der Waals surface area contributed by atoms with Crippen LogP contribution < -0.4 is 5.73 Å². The van der Waals surface area contributed by atoms with E-state index < -0.39 is 0 Å². The molecule has 1 aromatic carbocycles. The molecule has 1 atom stereocenters. The van der Waals surface area contributed by atoms with Gasteiger partial charge in [-0.25, -0.2) is 9.07 Å². The van der Waals surface area contributed by atoms with E-state index in [9.17, 15) is 4.39 Å². The standard InChI is InChI=1S/C12H15FN4/c1-8-5-11(13)4-3-10(8)6-17-7-12(9(2)14)15-16-17/h3-5,7,9H,6,14H2,1-2H3. The van der Waals surface area contributed by atoms with Crippen molar-refractivity contribution >= 4 is 0 Å². The van der Waals surface area contributed by atoms with Crippen molar-refractivity contribution < 1.29 is 4.39 Å². The fraction of sp³-hybridized carbons (Fsp3) is 0.333. The maximum absolute atomic E-state index is 12.9. The number of rotatable bonds is 3. The van der Waals surface area contributed by atoms with Gasteiger partial charge in [0.2, 0.25) is 0 Å². The van der Waals surface area contributed by atoms with Crippen molar-refractivity contribution in [2.75, 3.05) is 0 Å². The third-order valence-corrected chi connectivity index (χ3v) is 2.66. The highest BCUT2D eigenvalue weighted by Crippen LogP contribution is 2.12. The predicted molar refractivity (Wildman–Crippen MR) is 62.9 cm³/mol. The molecular weight excluding hydrogens is 219 g/mol. The lowest BCUT2D eigenvalue weighted by atomic mass is 10.1. The molecule has 5 heteroatoms. The van der Waals surface area contributed by atoms with Gasteiger partial charge in [-0.2, -0.15) is 0 Å². The van der Waals surface area contributed by atoms with Crippen LogP contribution in [0.25, 0.3) is 0 Å². The third kappa shape index (κ3) is 2.68. The summed E-state index contributed by atoms with van der Waals surface area (Å²) >= 11 is 0. The average molecular weight is 234 g/mol. The van der Waals surface area contributed by atoms with Gasteiger partial charge in [-0.3, -0.25) is 0 Å². The lowest BCUT2D eigenvalue weighted by Gasteiger charge is -2.05. The molecule has 0 radical (unpaired) electrons. The Balaban J connectivity index is 2.19. The molecule has 1 unspecified atom stereocenters. The zero-order valence-corrected chi connectivity index (χ0v) is 9.89. The molecular formula is C12H15FN4. The van der Waals surface area contributed by atoms with Gasteiger partial charge in [-0.05, 0) is 37.1 Å². The predicted octanol–water partition coefficient (Wildman–Crippen LogP) is 1.79. The monoisotopic (exact) mass is 234 g/mol. The Morgan fingerprint density at radius 3 is 2.82 bits per heavy atom. The summed E-state index contributed by atoms with van der Waals surface area (Å²) in [5, 5.41) is 7.96. The fourth-order valence-corrected chi connectivity index (χ4v) is 1.61. The van der Waals surface area contributed by atoms with E-state index in [1.54, 1.807) is 10.7 Å². The van der Waals surface area contributed by atoms with E-state index in [1.807, 2.05) is 20.0 Å². The van der Waals surface area contributed by atoms with Crippen molar-refractivity contribution in [1.82, 2.24) is 15.0 Å². The first-order valence-electron chi connectivity index (χ1n) is 5.47. The third-order valence-electron chi connectivity index (χ3n) is 2.66. The number of nitrogens with two attached hydrogens (primary N) is 1. The molecule has 17 heavy (non-hydrogen) atoms. The molecule has 0 amide bonds. The van der Waals surface area contributed by atoms with Gasteiger partial charge in [0.25, 0.3) is 0 Å². The molecule has 0 bridgehead atoms. The molecule has 0 saturated heterocycles. The first-order valence-corrected chi connectivity index (χ1v) is 5.47. The van der Waals surface area contributed by atoms with Gasteiger partial charge < -0.3 is 5.73 Å². The van der Waals surface area contributed by atoms with Gasteiger partial charge in [0.15, 0.2) is 0 Å². The summed E-state index contributed by atoms with van der Waals surface area (Å²) in [6.45, 7) is 4.31. The van der Waals surface area contributed by atoms with Crippen molar-refractivity contribution in [1.29, 1.82) is 0 Å². The molecule has 0 aliphatic carbocycles. The van der Waals surface area contributed by atoms with Crippen LogP contribution in [0.5, 0.6) is 0 Å². The smallest absolute Gasteiger partial charge is 0.123 e. The van der Waals surface area contributed by atoms with E-state index in [0.29, 0.717) is 6.54 Å². The van der Waals surface area contributed by atoms with Crippen LogP contribution in [0.3, 0.4) is 0 Å². The Labute approximate surface area is 99.2 Å². The number of hydrogen-bond acceptors (Lipinski definition) is 3. The van der Waals surface area contributed by atoms with Crippen molar-refractivity contribution in [3.05, 3.63) is 47.0 Å². The van der Waals surface area contributed by atoms with Crippen molar-refractivity contribution in [2.24, 2.45) is 5.73 Å². The van der Waals surface area contributed by atoms with Crippen LogP contribution in [0.15, 0.2) is 24.4 Å². The molecule has 4 nitrogen and oxygen atoms in total. The van der Waals surface area contributed by atoms with E-state index in [1.165, 1.54) is 12.1 Å². The molecule has 0 aliphatic heterocycles. The van der Waals surface area contributed by atoms with Gasteiger partial charge in [0, 0.05) is 6.04 Å². The topological polar surface area (TPSA) is 56.7 Å². The van der Waals surface area contributed by atoms with Crippen LogP contribution in [0, 0.1) is 12.7 Å². The minimum Gasteiger partial charge on any atom is -0.323 e. The number of benzene rings is 1. The SMILES string of the molecule is Cc1cc(F)ccc1Cn1cc(C(C)N)nn1. The number of aromatic nitrogens is 3. The maximum Gasteiger partial charge on any atom is 0.123 e. The highest BCUT2D eigenvalue weighted by molar-refractivity contribution is 5.26. The van der Waals surface area contributed by atoms with E-state index >= 15 is 0 Å². The summed E-state index contributed by atoms with van der Waals surface area (Å²) in [5.74, 6) is -0.221. The fourth-order valence-electron chi connectivity index (χ4n) is 1.61. The van der Waals surface area contributed by atoms with Crippen LogP contribution in [0.2, 0.25) is 0 Å². The Morgan fingerprint density at radius 1 is 1.47 bits per heavy atom. The maximum atomic E-state index is 12.9. The van der Waals surface area contributed by atoms with Gasteiger partial charge in [0.05, 0.1) is 18.4 Å². The second kappa shape index (κ2) is 4.63. The largest absolute Gasteiger partial charge is 0.323 e. The molecule has 90 valence electrons. The van der Waals surface area contributed by atoms with Gasteiger partial charge in [-0.15, -0.1) is 5.10 Å². The van der Waals surface area contributed by atoms with E-state index in [0.717, 1.165) is 16.8 Å². The Kier molecular flexibility index (Phi) is 3.19. The summed E-state index contributed by atoms with van der Waals surface area (Å²) in [6, 6.07) is 4.60. The quantitative estimate of drug-likeness (QED) is 0.880. The van der Waals surface area contributed by atoms with E-state index in [2.05, 4.69) is 10.3 Å². The summed E-state index contributed by atoms with van der Waals surface area (Å²) in [5.41, 5.74) is 8.39. The molecule has 0 aliphatic rings. The molecule has 0 saturated carbocycles. The Bertz CT molecular complexity index is 519. The summed E-state index contributed by atoms with van der Waals surface area (Å²) in [4.78, 5) is 0. The summed E-state index contributed by atoms with van der Waals surface area (Å²) in [7, 11) is 0. The average Bonchev–Trinajstić information content (AvgIpc) is 2.71. The summed E-state index contributed by atoms with van der Waals surface area (Å²) in [6.07, 6.45) is 1.81. The second-order valence-corrected chi connectivity index (χ2v) is 4.20. The van der Waals surface area contributed by atoms with Crippen LogP contribution in [0.4, 0.5) is 4.39 Å². The van der Waals surface area contributed by atoms with Crippen molar-refractivity contribution in [3.8, 4) is 0 Å². The Hall–Kier alpha value is -1.75. The van der Waals surface area contributed by atoms with Gasteiger partial charge in [0.1, 0.15) is 5.82 Å². The second-order valence-electron chi connectivity index (χ2n) is 4.20. The zero-order valence-electron chi connectivity index (χ0n) is 9.89. The zero-order chi connectivity index (χ0) is 12.4. The lowest BCUT2D eigenvalue weighted by molar-refractivity contribution is 0.619. The van der Waals surface area contributed by atoms with Crippen LogP contribution in [-0.2, 0) is 6.54 Å². The highest BCUT2D eigenvalue weighted by Gasteiger charge is 2.06. The first-order chi connectivity index (χ1) is 8.06. The van der Waals surface area contributed by atoms with Crippen LogP contribution in [0.1, 0.15) is 29.8 Å². The minimum absolute atomic E-state index is 0.127. The molecule has 0 spiro atoms. The van der Waals surface area contributed by atoms with Crippen LogP contribution in [-0.4, -0.2) is 15.0 Å². The first kappa shape index (κ1) is 11.7. The number of hydrogen-bond donors (Lipinski definition) is 1. The van der Waals surface area contributed by atoms with E-state index in [4.69, 9.17) is 5.73 Å². The molecule has 2 N–H and O–H groups in total. The molecule has 1 aromatic heterocycles. The molecule has 2 aromatic rings.